The summed E-state index contributed by atoms with van der Waals surface area (Å²) in [6, 6.07) is 9.50. The summed E-state index contributed by atoms with van der Waals surface area (Å²) in [6.45, 7) is 3.96. The van der Waals surface area contributed by atoms with Crippen molar-refractivity contribution in [1.29, 1.82) is 0 Å². The van der Waals surface area contributed by atoms with Crippen LogP contribution in [0.4, 0.5) is 22.0 Å². The van der Waals surface area contributed by atoms with Crippen LogP contribution < -0.4 is 16.4 Å². The highest BCUT2D eigenvalue weighted by atomic mass is 35.5. The van der Waals surface area contributed by atoms with Gasteiger partial charge in [0.2, 0.25) is 5.78 Å². The molecule has 9 nitrogen and oxygen atoms in total. The molecule has 0 bridgehead atoms. The van der Waals surface area contributed by atoms with E-state index in [4.69, 9.17) is 17.3 Å². The van der Waals surface area contributed by atoms with E-state index < -0.39 is 6.03 Å². The lowest BCUT2D eigenvalue weighted by Crippen LogP contribution is -2.20. The van der Waals surface area contributed by atoms with Gasteiger partial charge in [-0.3, -0.25) is 9.78 Å². The summed E-state index contributed by atoms with van der Waals surface area (Å²) in [6.07, 6.45) is 4.51. The van der Waals surface area contributed by atoms with Crippen LogP contribution in [0.25, 0.3) is 11.0 Å². The van der Waals surface area contributed by atoms with Crippen LogP contribution in [0.15, 0.2) is 55.1 Å². The van der Waals surface area contributed by atoms with Crippen molar-refractivity contribution in [3.8, 4) is 0 Å². The number of benzene rings is 1. The number of carbonyl (C=O) groups is 2. The number of para-hydroxylation sites is 1. The third-order valence-corrected chi connectivity index (χ3v) is 5.14. The second kappa shape index (κ2) is 8.64. The Hall–Kier alpha value is -3.98. The SMILES string of the molecule is CC(C)n1cc(C(=O)c2cc(NC(=O)Nc3ccccc3Cl)ccn2)c2c(N)ncnc21. The highest BCUT2D eigenvalue weighted by molar-refractivity contribution is 6.33. The van der Waals surface area contributed by atoms with Crippen LogP contribution in [-0.4, -0.2) is 31.3 Å². The number of nitrogen functional groups attached to an aromatic ring is 1. The summed E-state index contributed by atoms with van der Waals surface area (Å²) in [5, 5.41) is 6.23. The summed E-state index contributed by atoms with van der Waals surface area (Å²) >= 11 is 6.07. The average molecular weight is 450 g/mol. The van der Waals surface area contributed by atoms with Crippen LogP contribution in [0.2, 0.25) is 5.02 Å². The lowest BCUT2D eigenvalue weighted by atomic mass is 10.1. The van der Waals surface area contributed by atoms with Crippen LogP contribution >= 0.6 is 11.6 Å². The first kappa shape index (κ1) is 21.3. The number of anilines is 3. The number of nitrogens with zero attached hydrogens (tertiary/aromatic N) is 4. The number of amides is 2. The number of rotatable bonds is 5. The van der Waals surface area contributed by atoms with Gasteiger partial charge in [0.05, 0.1) is 21.7 Å². The molecule has 4 rings (SSSR count). The number of hydrogen-bond acceptors (Lipinski definition) is 6. The monoisotopic (exact) mass is 449 g/mol. The molecule has 0 saturated carbocycles. The van der Waals surface area contributed by atoms with E-state index in [1.54, 1.807) is 36.5 Å². The van der Waals surface area contributed by atoms with Gasteiger partial charge in [-0.2, -0.15) is 0 Å². The van der Waals surface area contributed by atoms with Gasteiger partial charge < -0.3 is 20.9 Å². The maximum absolute atomic E-state index is 13.3. The zero-order valence-electron chi connectivity index (χ0n) is 17.3. The fourth-order valence-corrected chi connectivity index (χ4v) is 3.47. The minimum atomic E-state index is -0.503. The maximum atomic E-state index is 13.3. The van der Waals surface area contributed by atoms with Crippen LogP contribution in [0, 0.1) is 0 Å². The number of nitrogens with one attached hydrogen (secondary N) is 2. The molecule has 0 aliphatic carbocycles. The number of aromatic nitrogens is 4. The fourth-order valence-electron chi connectivity index (χ4n) is 3.29. The van der Waals surface area contributed by atoms with Gasteiger partial charge in [0.15, 0.2) is 0 Å². The van der Waals surface area contributed by atoms with Gasteiger partial charge in [-0.15, -0.1) is 0 Å². The Morgan fingerprint density at radius 2 is 1.88 bits per heavy atom. The molecule has 162 valence electrons. The Morgan fingerprint density at radius 1 is 1.09 bits per heavy atom. The zero-order valence-corrected chi connectivity index (χ0v) is 18.1. The van der Waals surface area contributed by atoms with E-state index in [1.807, 2.05) is 18.4 Å². The topological polar surface area (TPSA) is 128 Å². The normalized spacial score (nSPS) is 11.0. The quantitative estimate of drug-likeness (QED) is 0.384. The summed E-state index contributed by atoms with van der Waals surface area (Å²) < 4.78 is 1.86. The summed E-state index contributed by atoms with van der Waals surface area (Å²) in [4.78, 5) is 38.1. The van der Waals surface area contributed by atoms with Crippen molar-refractivity contribution in [2.75, 3.05) is 16.4 Å². The van der Waals surface area contributed by atoms with Crippen molar-refractivity contribution in [3.05, 3.63) is 71.4 Å². The maximum Gasteiger partial charge on any atom is 0.323 e. The van der Waals surface area contributed by atoms with Crippen molar-refractivity contribution in [2.24, 2.45) is 0 Å². The summed E-state index contributed by atoms with van der Waals surface area (Å²) in [5.74, 6) is -0.141. The lowest BCUT2D eigenvalue weighted by molar-refractivity contribution is 0.103. The molecule has 0 radical (unpaired) electrons. The number of carbonyl (C=O) groups excluding carboxylic acids is 2. The van der Waals surface area contributed by atoms with E-state index in [1.165, 1.54) is 18.6 Å². The molecule has 0 unspecified atom stereocenters. The summed E-state index contributed by atoms with van der Waals surface area (Å²) in [7, 11) is 0. The van der Waals surface area contributed by atoms with Crippen LogP contribution in [-0.2, 0) is 0 Å². The first-order chi connectivity index (χ1) is 15.3. The van der Waals surface area contributed by atoms with E-state index in [0.717, 1.165) is 0 Å². The lowest BCUT2D eigenvalue weighted by Gasteiger charge is -2.09. The predicted octanol–water partition coefficient (Wildman–Crippen LogP) is 4.52. The molecule has 0 spiro atoms. The molecular weight excluding hydrogens is 430 g/mol. The van der Waals surface area contributed by atoms with Crippen LogP contribution in [0.3, 0.4) is 0 Å². The Labute approximate surface area is 188 Å². The molecule has 0 saturated heterocycles. The molecule has 10 heteroatoms. The fraction of sp³-hybridized carbons (Fsp3) is 0.136. The van der Waals surface area contributed by atoms with Crippen molar-refractivity contribution in [3.63, 3.8) is 0 Å². The molecule has 2 amide bonds. The number of urea groups is 1. The highest BCUT2D eigenvalue weighted by Gasteiger charge is 2.22. The van der Waals surface area contributed by atoms with Crippen LogP contribution in [0.1, 0.15) is 35.9 Å². The molecule has 32 heavy (non-hydrogen) atoms. The van der Waals surface area contributed by atoms with Crippen molar-refractivity contribution in [1.82, 2.24) is 19.5 Å². The van der Waals surface area contributed by atoms with Gasteiger partial charge in [-0.1, -0.05) is 23.7 Å². The van der Waals surface area contributed by atoms with Crippen molar-refractivity contribution >= 4 is 51.6 Å². The minimum absolute atomic E-state index is 0.0582. The Kier molecular flexibility index (Phi) is 5.74. The molecule has 4 aromatic rings. The second-order valence-electron chi connectivity index (χ2n) is 7.32. The van der Waals surface area contributed by atoms with E-state index in [0.29, 0.717) is 33.0 Å². The Morgan fingerprint density at radius 3 is 2.62 bits per heavy atom. The number of pyridine rings is 1. The molecule has 1 aromatic carbocycles. The first-order valence-corrected chi connectivity index (χ1v) is 10.2. The van der Waals surface area contributed by atoms with Gasteiger partial charge in [0, 0.05) is 24.1 Å². The molecule has 4 N–H and O–H groups in total. The number of halogens is 1. The van der Waals surface area contributed by atoms with Gasteiger partial charge >= 0.3 is 6.03 Å². The van der Waals surface area contributed by atoms with Crippen molar-refractivity contribution in [2.45, 2.75) is 19.9 Å². The highest BCUT2D eigenvalue weighted by Crippen LogP contribution is 2.28. The molecule has 0 aliphatic rings. The molecular formula is C22H20ClN7O2. The van der Waals surface area contributed by atoms with Gasteiger partial charge in [-0.05, 0) is 38.1 Å². The molecule has 3 heterocycles. The minimum Gasteiger partial charge on any atom is -0.383 e. The largest absolute Gasteiger partial charge is 0.383 e. The zero-order chi connectivity index (χ0) is 22.8. The summed E-state index contributed by atoms with van der Waals surface area (Å²) in [5.41, 5.74) is 7.98. The first-order valence-electron chi connectivity index (χ1n) is 9.79. The van der Waals surface area contributed by atoms with E-state index in [9.17, 15) is 9.59 Å². The molecule has 0 fully saturated rings. The molecule has 3 aromatic heterocycles. The van der Waals surface area contributed by atoms with Gasteiger partial charge in [0.25, 0.3) is 0 Å². The van der Waals surface area contributed by atoms with E-state index in [2.05, 4.69) is 25.6 Å². The smallest absolute Gasteiger partial charge is 0.323 e. The van der Waals surface area contributed by atoms with Gasteiger partial charge in [0.1, 0.15) is 23.5 Å². The second-order valence-corrected chi connectivity index (χ2v) is 7.73. The molecule has 0 atom stereocenters. The Balaban J connectivity index is 1.62. The third-order valence-electron chi connectivity index (χ3n) is 4.81. The van der Waals surface area contributed by atoms with E-state index in [-0.39, 0.29) is 23.3 Å². The molecule has 0 aliphatic heterocycles. The van der Waals surface area contributed by atoms with E-state index >= 15 is 0 Å². The van der Waals surface area contributed by atoms with Crippen molar-refractivity contribution < 1.29 is 9.59 Å². The number of ketones is 1. The van der Waals surface area contributed by atoms with Crippen LogP contribution in [0.5, 0.6) is 0 Å². The van der Waals surface area contributed by atoms with Gasteiger partial charge in [-0.25, -0.2) is 14.8 Å². The number of nitrogens with two attached hydrogens (primary N) is 1. The third kappa shape index (κ3) is 4.10. The Bertz CT molecular complexity index is 1330. The average Bonchev–Trinajstić information content (AvgIpc) is 3.16. The standard InChI is InChI=1S/C22H20ClN7O2/c1-12(2)30-10-14(18-20(24)26-11-27-21(18)30)19(31)17-9-13(7-8-25-17)28-22(32)29-16-6-4-3-5-15(16)23/h3-12H,1-2H3,(H2,24,26,27)(H2,25,28,29,32). The number of fused-ring (bicyclic) bond motifs is 1. The number of hydrogen-bond donors (Lipinski definition) is 3. The predicted molar refractivity (Wildman–Crippen MR) is 124 cm³/mol.